The van der Waals surface area contributed by atoms with E-state index < -0.39 is 10.0 Å². The molecular weight excluding hydrogens is 328 g/mol. The van der Waals surface area contributed by atoms with Crippen molar-refractivity contribution in [1.29, 1.82) is 0 Å². The molecule has 1 aliphatic rings. The highest BCUT2D eigenvalue weighted by Crippen LogP contribution is 2.24. The molecule has 0 spiro atoms. The Morgan fingerprint density at radius 1 is 1.25 bits per heavy atom. The smallest absolute Gasteiger partial charge is 0.243 e. The largest absolute Gasteiger partial charge is 0.312 e. The van der Waals surface area contributed by atoms with Crippen molar-refractivity contribution in [1.82, 2.24) is 14.1 Å². The molecule has 0 radical (unpaired) electrons. The van der Waals surface area contributed by atoms with E-state index in [-0.39, 0.29) is 17.3 Å². The molecule has 1 fully saturated rings. The van der Waals surface area contributed by atoms with Gasteiger partial charge in [-0.25, -0.2) is 8.42 Å². The topological polar surface area (TPSA) is 75.5 Å². The van der Waals surface area contributed by atoms with Gasteiger partial charge in [0.05, 0.1) is 11.1 Å². The number of nitrogens with zero attached hydrogens (tertiary/aromatic N) is 4. The van der Waals surface area contributed by atoms with Crippen LogP contribution >= 0.6 is 0 Å². The Morgan fingerprint density at radius 2 is 1.96 bits per heavy atom. The highest BCUT2D eigenvalue weighted by molar-refractivity contribution is 7.89. The van der Waals surface area contributed by atoms with Crippen LogP contribution in [0.15, 0.2) is 41.6 Å². The minimum Gasteiger partial charge on any atom is -0.312 e. The van der Waals surface area contributed by atoms with E-state index in [0.717, 1.165) is 17.7 Å². The maximum atomic E-state index is 12.7. The SMILES string of the molecule is CN(Cc1cnn(C)c1)S(=O)(=O)c1ccc(N2CCCC2=O)cc1. The molecule has 0 bridgehead atoms. The second kappa shape index (κ2) is 6.37. The Bertz CT molecular complexity index is 842. The van der Waals surface area contributed by atoms with Crippen molar-refractivity contribution >= 4 is 21.6 Å². The molecule has 0 aliphatic carbocycles. The number of aryl methyl sites for hydroxylation is 1. The van der Waals surface area contributed by atoms with Gasteiger partial charge < -0.3 is 4.90 Å². The van der Waals surface area contributed by atoms with Crippen LogP contribution in [0.25, 0.3) is 0 Å². The van der Waals surface area contributed by atoms with Gasteiger partial charge >= 0.3 is 0 Å². The number of hydrogen-bond acceptors (Lipinski definition) is 4. The van der Waals surface area contributed by atoms with E-state index in [2.05, 4.69) is 5.10 Å². The minimum absolute atomic E-state index is 0.0827. The van der Waals surface area contributed by atoms with E-state index in [0.29, 0.717) is 13.0 Å². The Hall–Kier alpha value is -2.19. The maximum absolute atomic E-state index is 12.7. The molecule has 0 saturated carbocycles. The predicted octanol–water partition coefficient (Wildman–Crippen LogP) is 1.37. The molecule has 7 nitrogen and oxygen atoms in total. The van der Waals surface area contributed by atoms with Crippen molar-refractivity contribution in [3.8, 4) is 0 Å². The lowest BCUT2D eigenvalue weighted by molar-refractivity contribution is -0.117. The molecule has 2 heterocycles. The van der Waals surface area contributed by atoms with Crippen molar-refractivity contribution in [3.63, 3.8) is 0 Å². The van der Waals surface area contributed by atoms with Crippen LogP contribution < -0.4 is 4.90 Å². The standard InChI is InChI=1S/C16H20N4O3S/c1-18-11-13(10-17-18)12-19(2)24(22,23)15-7-5-14(6-8-15)20-9-3-4-16(20)21/h5-8,10-11H,3-4,9,12H2,1-2H3. The van der Waals surface area contributed by atoms with Crippen LogP contribution in [0.2, 0.25) is 0 Å². The van der Waals surface area contributed by atoms with E-state index in [1.807, 2.05) is 0 Å². The number of sulfonamides is 1. The summed E-state index contributed by atoms with van der Waals surface area (Å²) in [6.45, 7) is 0.939. The van der Waals surface area contributed by atoms with Gasteiger partial charge in [-0.15, -0.1) is 0 Å². The number of hydrogen-bond donors (Lipinski definition) is 0. The van der Waals surface area contributed by atoms with E-state index in [1.54, 1.807) is 60.3 Å². The molecule has 2 aromatic rings. The van der Waals surface area contributed by atoms with Crippen LogP contribution in [-0.4, -0.2) is 42.0 Å². The highest BCUT2D eigenvalue weighted by atomic mass is 32.2. The summed E-state index contributed by atoms with van der Waals surface area (Å²) in [4.78, 5) is 13.7. The third-order valence-electron chi connectivity index (χ3n) is 4.09. The number of benzene rings is 1. The summed E-state index contributed by atoms with van der Waals surface area (Å²) in [5.74, 6) is 0.0827. The Labute approximate surface area is 141 Å². The van der Waals surface area contributed by atoms with E-state index in [4.69, 9.17) is 0 Å². The second-order valence-electron chi connectivity index (χ2n) is 5.93. The predicted molar refractivity (Wildman–Crippen MR) is 89.9 cm³/mol. The molecular formula is C16H20N4O3S. The number of rotatable bonds is 5. The first-order valence-electron chi connectivity index (χ1n) is 7.72. The van der Waals surface area contributed by atoms with Crippen molar-refractivity contribution in [3.05, 3.63) is 42.2 Å². The summed E-state index contributed by atoms with van der Waals surface area (Å²) in [6.07, 6.45) is 4.82. The van der Waals surface area contributed by atoms with Gasteiger partial charge in [0.25, 0.3) is 0 Å². The zero-order chi connectivity index (χ0) is 17.3. The maximum Gasteiger partial charge on any atom is 0.243 e. The van der Waals surface area contributed by atoms with Crippen LogP contribution in [0.3, 0.4) is 0 Å². The fourth-order valence-corrected chi connectivity index (χ4v) is 3.95. The molecule has 1 aliphatic heterocycles. The lowest BCUT2D eigenvalue weighted by Crippen LogP contribution is -2.27. The van der Waals surface area contributed by atoms with Gasteiger partial charge in [0.1, 0.15) is 0 Å². The summed E-state index contributed by atoms with van der Waals surface area (Å²) in [7, 11) is -0.259. The number of aromatic nitrogens is 2. The van der Waals surface area contributed by atoms with Crippen molar-refractivity contribution in [2.24, 2.45) is 7.05 Å². The molecule has 3 rings (SSSR count). The van der Waals surface area contributed by atoms with Gasteiger partial charge in [-0.2, -0.15) is 9.40 Å². The van der Waals surface area contributed by atoms with Crippen molar-refractivity contribution < 1.29 is 13.2 Å². The van der Waals surface area contributed by atoms with Gasteiger partial charge in [0.2, 0.25) is 15.9 Å². The van der Waals surface area contributed by atoms with E-state index in [1.165, 1.54) is 4.31 Å². The molecule has 128 valence electrons. The van der Waals surface area contributed by atoms with Crippen LogP contribution in [0.1, 0.15) is 18.4 Å². The Balaban J connectivity index is 1.77. The van der Waals surface area contributed by atoms with Crippen LogP contribution in [0, 0.1) is 0 Å². The van der Waals surface area contributed by atoms with Crippen molar-refractivity contribution in [2.75, 3.05) is 18.5 Å². The van der Waals surface area contributed by atoms with Gasteiger partial charge in [-0.3, -0.25) is 9.48 Å². The van der Waals surface area contributed by atoms with Crippen molar-refractivity contribution in [2.45, 2.75) is 24.3 Å². The Morgan fingerprint density at radius 3 is 2.50 bits per heavy atom. The molecule has 0 unspecified atom stereocenters. The number of carbonyl (C=O) groups excluding carboxylic acids is 1. The average molecular weight is 348 g/mol. The third kappa shape index (κ3) is 3.20. The number of carbonyl (C=O) groups is 1. The monoisotopic (exact) mass is 348 g/mol. The molecule has 1 amide bonds. The van der Waals surface area contributed by atoms with Crippen LogP contribution in [0.4, 0.5) is 5.69 Å². The van der Waals surface area contributed by atoms with E-state index in [9.17, 15) is 13.2 Å². The van der Waals surface area contributed by atoms with Gasteiger partial charge in [-0.05, 0) is 30.7 Å². The zero-order valence-electron chi connectivity index (χ0n) is 13.7. The number of amides is 1. The molecule has 1 aromatic carbocycles. The first-order chi connectivity index (χ1) is 11.4. The number of anilines is 1. The van der Waals surface area contributed by atoms with Crippen LogP contribution in [-0.2, 0) is 28.4 Å². The van der Waals surface area contributed by atoms with E-state index >= 15 is 0 Å². The minimum atomic E-state index is -3.59. The summed E-state index contributed by atoms with van der Waals surface area (Å²) in [6, 6.07) is 6.48. The third-order valence-corrected chi connectivity index (χ3v) is 5.91. The summed E-state index contributed by atoms with van der Waals surface area (Å²) < 4.78 is 28.2. The first-order valence-corrected chi connectivity index (χ1v) is 9.16. The summed E-state index contributed by atoms with van der Waals surface area (Å²) in [5.41, 5.74) is 1.56. The van der Waals surface area contributed by atoms with Crippen LogP contribution in [0.5, 0.6) is 0 Å². The zero-order valence-corrected chi connectivity index (χ0v) is 14.5. The lowest BCUT2D eigenvalue weighted by atomic mass is 10.3. The van der Waals surface area contributed by atoms with Gasteiger partial charge in [-0.1, -0.05) is 0 Å². The highest BCUT2D eigenvalue weighted by Gasteiger charge is 2.24. The fraction of sp³-hybridized carbons (Fsp3) is 0.375. The van der Waals surface area contributed by atoms with Gasteiger partial charge in [0.15, 0.2) is 0 Å². The molecule has 24 heavy (non-hydrogen) atoms. The van der Waals surface area contributed by atoms with Gasteiger partial charge in [0, 0.05) is 51.1 Å². The first kappa shape index (κ1) is 16.7. The summed E-state index contributed by atoms with van der Waals surface area (Å²) >= 11 is 0. The second-order valence-corrected chi connectivity index (χ2v) is 7.97. The average Bonchev–Trinajstić information content (AvgIpc) is 3.16. The Kier molecular flexibility index (Phi) is 4.42. The molecule has 0 N–H and O–H groups in total. The summed E-state index contributed by atoms with van der Waals surface area (Å²) in [5, 5.41) is 4.05. The quantitative estimate of drug-likeness (QED) is 0.818. The lowest BCUT2D eigenvalue weighted by Gasteiger charge is -2.18. The molecule has 1 saturated heterocycles. The molecule has 0 atom stereocenters. The molecule has 8 heteroatoms. The fourth-order valence-electron chi connectivity index (χ4n) is 2.79. The normalized spacial score (nSPS) is 15.5. The molecule has 1 aromatic heterocycles.